The van der Waals surface area contributed by atoms with Gasteiger partial charge in [0, 0.05) is 11.1 Å². The first-order valence-electron chi connectivity index (χ1n) is 5.36. The summed E-state index contributed by atoms with van der Waals surface area (Å²) in [6, 6.07) is 9.48. The predicted molar refractivity (Wildman–Crippen MR) is 72.6 cm³/mol. The lowest BCUT2D eigenvalue weighted by atomic mass is 9.95. The van der Waals surface area contributed by atoms with Crippen molar-refractivity contribution in [3.05, 3.63) is 30.3 Å². The number of para-hydroxylation sites is 1. The third-order valence-corrected chi connectivity index (χ3v) is 1.71. The molecule has 0 atom stereocenters. The van der Waals surface area contributed by atoms with Gasteiger partial charge in [-0.15, -0.1) is 0 Å². The van der Waals surface area contributed by atoms with Gasteiger partial charge in [0.25, 0.3) is 0 Å². The van der Waals surface area contributed by atoms with Gasteiger partial charge in [0.05, 0.1) is 0 Å². The van der Waals surface area contributed by atoms with Crippen molar-refractivity contribution in [2.24, 2.45) is 5.41 Å². The standard InChI is InChI=1S/C11H15NO.C2H6.CH4/c1-11(2,3)10(13)12-9-7-5-4-6-8-9;1-2;/h4-8H,1-3H3,(H,12,13);1-2H3;1H4. The van der Waals surface area contributed by atoms with Crippen LogP contribution in [0.5, 0.6) is 0 Å². The molecular formula is C14H25NO. The summed E-state index contributed by atoms with van der Waals surface area (Å²) in [4.78, 5) is 11.5. The molecule has 0 spiro atoms. The zero-order valence-corrected chi connectivity index (χ0v) is 10.3. The molecule has 0 aliphatic rings. The van der Waals surface area contributed by atoms with Crippen LogP contribution in [0.2, 0.25) is 0 Å². The molecule has 0 bridgehead atoms. The van der Waals surface area contributed by atoms with Crippen molar-refractivity contribution < 1.29 is 4.79 Å². The summed E-state index contributed by atoms with van der Waals surface area (Å²) in [5, 5.41) is 2.84. The number of carbonyl (C=O) groups excluding carboxylic acids is 1. The van der Waals surface area contributed by atoms with Crippen LogP contribution in [0.25, 0.3) is 0 Å². The molecule has 0 saturated heterocycles. The highest BCUT2D eigenvalue weighted by Gasteiger charge is 2.20. The van der Waals surface area contributed by atoms with Gasteiger partial charge in [0.2, 0.25) is 5.91 Å². The largest absolute Gasteiger partial charge is 0.326 e. The fourth-order valence-electron chi connectivity index (χ4n) is 0.840. The SMILES string of the molecule is C.CC.CC(C)(C)C(=O)Nc1ccccc1. The fraction of sp³-hybridized carbons (Fsp3) is 0.500. The van der Waals surface area contributed by atoms with Gasteiger partial charge in [-0.2, -0.15) is 0 Å². The van der Waals surface area contributed by atoms with E-state index in [2.05, 4.69) is 5.32 Å². The first-order chi connectivity index (χ1) is 7.00. The Labute approximate surface area is 100 Å². The van der Waals surface area contributed by atoms with E-state index in [-0.39, 0.29) is 18.7 Å². The third kappa shape index (κ3) is 6.23. The second kappa shape index (κ2) is 7.91. The molecule has 1 amide bonds. The molecule has 92 valence electrons. The van der Waals surface area contributed by atoms with Crippen LogP contribution in [-0.4, -0.2) is 5.91 Å². The van der Waals surface area contributed by atoms with E-state index in [9.17, 15) is 4.79 Å². The van der Waals surface area contributed by atoms with Crippen molar-refractivity contribution in [2.75, 3.05) is 5.32 Å². The Bertz CT molecular complexity index is 285. The van der Waals surface area contributed by atoms with Crippen LogP contribution in [0.3, 0.4) is 0 Å². The van der Waals surface area contributed by atoms with E-state index < -0.39 is 0 Å². The molecule has 0 radical (unpaired) electrons. The Morgan fingerprint density at radius 2 is 1.50 bits per heavy atom. The molecule has 1 rings (SSSR count). The maximum atomic E-state index is 11.5. The Kier molecular flexibility index (Phi) is 8.46. The Morgan fingerprint density at radius 1 is 1.06 bits per heavy atom. The smallest absolute Gasteiger partial charge is 0.229 e. The molecule has 1 aromatic rings. The number of amides is 1. The minimum absolute atomic E-state index is 0. The highest BCUT2D eigenvalue weighted by atomic mass is 16.2. The topological polar surface area (TPSA) is 29.1 Å². The van der Waals surface area contributed by atoms with Crippen molar-refractivity contribution in [1.82, 2.24) is 0 Å². The van der Waals surface area contributed by atoms with Crippen molar-refractivity contribution in [1.29, 1.82) is 0 Å². The summed E-state index contributed by atoms with van der Waals surface area (Å²) in [7, 11) is 0. The molecule has 0 heterocycles. The molecule has 2 heteroatoms. The molecule has 0 aliphatic heterocycles. The summed E-state index contributed by atoms with van der Waals surface area (Å²) in [6.45, 7) is 9.68. The van der Waals surface area contributed by atoms with Crippen LogP contribution in [0.15, 0.2) is 30.3 Å². The molecule has 16 heavy (non-hydrogen) atoms. The summed E-state index contributed by atoms with van der Waals surface area (Å²) in [6.07, 6.45) is 0. The third-order valence-electron chi connectivity index (χ3n) is 1.71. The molecule has 1 N–H and O–H groups in total. The lowest BCUT2D eigenvalue weighted by Crippen LogP contribution is -2.27. The van der Waals surface area contributed by atoms with Crippen molar-refractivity contribution >= 4 is 11.6 Å². The van der Waals surface area contributed by atoms with Crippen LogP contribution >= 0.6 is 0 Å². The number of benzene rings is 1. The Morgan fingerprint density at radius 3 is 1.88 bits per heavy atom. The zero-order valence-electron chi connectivity index (χ0n) is 10.3. The monoisotopic (exact) mass is 223 g/mol. The molecule has 0 unspecified atom stereocenters. The first-order valence-corrected chi connectivity index (χ1v) is 5.36. The second-order valence-electron chi connectivity index (χ2n) is 4.07. The van der Waals surface area contributed by atoms with Gasteiger partial charge in [-0.05, 0) is 12.1 Å². The Hall–Kier alpha value is -1.31. The van der Waals surface area contributed by atoms with Gasteiger partial charge in [0.15, 0.2) is 0 Å². The fourth-order valence-corrected chi connectivity index (χ4v) is 0.840. The highest BCUT2D eigenvalue weighted by Crippen LogP contribution is 2.16. The van der Waals surface area contributed by atoms with E-state index in [0.29, 0.717) is 0 Å². The maximum Gasteiger partial charge on any atom is 0.229 e. The van der Waals surface area contributed by atoms with Gasteiger partial charge in [0.1, 0.15) is 0 Å². The number of carbonyl (C=O) groups is 1. The summed E-state index contributed by atoms with van der Waals surface area (Å²) in [5.41, 5.74) is 0.512. The Balaban J connectivity index is 0. The normalized spacial score (nSPS) is 9.31. The molecule has 0 fully saturated rings. The number of rotatable bonds is 1. The minimum atomic E-state index is -0.337. The molecule has 0 aromatic heterocycles. The summed E-state index contributed by atoms with van der Waals surface area (Å²) >= 11 is 0. The van der Waals surface area contributed by atoms with Crippen molar-refractivity contribution in [3.63, 3.8) is 0 Å². The number of hydrogen-bond donors (Lipinski definition) is 1. The lowest BCUT2D eigenvalue weighted by Gasteiger charge is -2.17. The van der Waals surface area contributed by atoms with E-state index in [1.807, 2.05) is 65.0 Å². The van der Waals surface area contributed by atoms with Crippen LogP contribution in [0.1, 0.15) is 42.0 Å². The van der Waals surface area contributed by atoms with Crippen molar-refractivity contribution in [2.45, 2.75) is 42.0 Å². The second-order valence-corrected chi connectivity index (χ2v) is 4.07. The quantitative estimate of drug-likeness (QED) is 0.754. The van der Waals surface area contributed by atoms with Gasteiger partial charge < -0.3 is 5.32 Å². The number of anilines is 1. The van der Waals surface area contributed by atoms with Crippen LogP contribution < -0.4 is 5.32 Å². The van der Waals surface area contributed by atoms with E-state index in [4.69, 9.17) is 0 Å². The molecular weight excluding hydrogens is 198 g/mol. The van der Waals surface area contributed by atoms with Gasteiger partial charge in [-0.1, -0.05) is 60.2 Å². The van der Waals surface area contributed by atoms with Gasteiger partial charge in [-0.3, -0.25) is 4.79 Å². The summed E-state index contributed by atoms with van der Waals surface area (Å²) in [5.74, 6) is 0.0405. The average molecular weight is 223 g/mol. The van der Waals surface area contributed by atoms with E-state index in [1.165, 1.54) is 0 Å². The zero-order chi connectivity index (χ0) is 11.9. The van der Waals surface area contributed by atoms with Gasteiger partial charge >= 0.3 is 0 Å². The molecule has 0 aliphatic carbocycles. The van der Waals surface area contributed by atoms with E-state index in [1.54, 1.807) is 0 Å². The van der Waals surface area contributed by atoms with Gasteiger partial charge in [-0.25, -0.2) is 0 Å². The molecule has 0 saturated carbocycles. The van der Waals surface area contributed by atoms with Crippen LogP contribution in [0, 0.1) is 5.41 Å². The van der Waals surface area contributed by atoms with E-state index >= 15 is 0 Å². The van der Waals surface area contributed by atoms with Crippen LogP contribution in [-0.2, 0) is 4.79 Å². The number of hydrogen-bond acceptors (Lipinski definition) is 1. The van der Waals surface area contributed by atoms with E-state index in [0.717, 1.165) is 5.69 Å². The number of nitrogens with one attached hydrogen (secondary N) is 1. The lowest BCUT2D eigenvalue weighted by molar-refractivity contribution is -0.123. The molecule has 2 nitrogen and oxygen atoms in total. The minimum Gasteiger partial charge on any atom is -0.326 e. The van der Waals surface area contributed by atoms with Crippen LogP contribution in [0.4, 0.5) is 5.69 Å². The first kappa shape index (κ1) is 17.1. The predicted octanol–water partition coefficient (Wildman–Crippen LogP) is 4.33. The van der Waals surface area contributed by atoms with Crippen molar-refractivity contribution in [3.8, 4) is 0 Å². The average Bonchev–Trinajstić information content (AvgIpc) is 2.21. The summed E-state index contributed by atoms with van der Waals surface area (Å²) < 4.78 is 0. The highest BCUT2D eigenvalue weighted by molar-refractivity contribution is 5.94. The maximum absolute atomic E-state index is 11.5. The molecule has 1 aromatic carbocycles.